The van der Waals surface area contributed by atoms with Crippen LogP contribution in [0.15, 0.2) is 41.8 Å². The monoisotopic (exact) mass is 330 g/mol. The molecule has 1 N–H and O–H groups in total. The Labute approximate surface area is 138 Å². The Morgan fingerprint density at radius 2 is 2.13 bits per heavy atom. The summed E-state index contributed by atoms with van der Waals surface area (Å²) in [6, 6.07) is 11.5. The number of amides is 1. The number of thiophene rings is 1. The molecule has 1 aromatic heterocycles. The van der Waals surface area contributed by atoms with Crippen LogP contribution >= 0.6 is 11.3 Å². The zero-order chi connectivity index (χ0) is 16.2. The maximum atomic E-state index is 12.7. The molecule has 0 radical (unpaired) electrons. The number of rotatable bonds is 6. The quantitative estimate of drug-likeness (QED) is 0.827. The van der Waals surface area contributed by atoms with Gasteiger partial charge in [-0.05, 0) is 24.4 Å². The molecule has 120 valence electrons. The van der Waals surface area contributed by atoms with Crippen molar-refractivity contribution in [1.29, 1.82) is 0 Å². The van der Waals surface area contributed by atoms with Gasteiger partial charge in [0.25, 0.3) is 5.91 Å². The van der Waals surface area contributed by atoms with Crippen LogP contribution in [0.5, 0.6) is 0 Å². The molecule has 0 fully saturated rings. The lowest BCUT2D eigenvalue weighted by molar-refractivity contribution is -0.142. The van der Waals surface area contributed by atoms with Gasteiger partial charge in [-0.2, -0.15) is 0 Å². The second kappa shape index (κ2) is 6.93. The zero-order valence-electron chi connectivity index (χ0n) is 12.8. The van der Waals surface area contributed by atoms with Gasteiger partial charge in [0.15, 0.2) is 0 Å². The number of hydrogen-bond donors (Lipinski definition) is 1. The predicted octanol–water partition coefficient (Wildman–Crippen LogP) is 2.56. The highest BCUT2D eigenvalue weighted by atomic mass is 32.1. The third-order valence-electron chi connectivity index (χ3n) is 3.71. The van der Waals surface area contributed by atoms with Gasteiger partial charge in [0.1, 0.15) is 6.17 Å². The van der Waals surface area contributed by atoms with Crippen molar-refractivity contribution in [2.75, 3.05) is 13.2 Å². The minimum absolute atomic E-state index is 0.0182. The first-order chi connectivity index (χ1) is 11.2. The van der Waals surface area contributed by atoms with Crippen molar-refractivity contribution in [1.82, 2.24) is 10.2 Å². The third-order valence-corrected chi connectivity index (χ3v) is 4.57. The molecular formula is C17H18N2O3S. The van der Waals surface area contributed by atoms with Crippen molar-refractivity contribution in [3.05, 3.63) is 57.8 Å². The van der Waals surface area contributed by atoms with E-state index in [4.69, 9.17) is 4.74 Å². The van der Waals surface area contributed by atoms with Crippen LogP contribution in [-0.4, -0.2) is 29.9 Å². The van der Waals surface area contributed by atoms with Crippen LogP contribution in [0.3, 0.4) is 0 Å². The number of carbonyl (C=O) groups excluding carboxylic acids is 2. The van der Waals surface area contributed by atoms with Crippen LogP contribution in [0.2, 0.25) is 0 Å². The maximum absolute atomic E-state index is 12.7. The van der Waals surface area contributed by atoms with E-state index in [1.165, 1.54) is 0 Å². The second-order valence-corrected chi connectivity index (χ2v) is 6.22. The van der Waals surface area contributed by atoms with Gasteiger partial charge < -0.3 is 9.64 Å². The van der Waals surface area contributed by atoms with Gasteiger partial charge in [0.2, 0.25) is 0 Å². The lowest BCUT2D eigenvalue weighted by atomic mass is 10.1. The highest BCUT2D eigenvalue weighted by molar-refractivity contribution is 7.09. The smallest absolute Gasteiger partial charge is 0.319 e. The second-order valence-electron chi connectivity index (χ2n) is 5.19. The molecule has 1 aliphatic heterocycles. The summed E-state index contributed by atoms with van der Waals surface area (Å²) in [4.78, 5) is 27.2. The van der Waals surface area contributed by atoms with E-state index in [1.807, 2.05) is 41.8 Å². The Balaban J connectivity index is 1.81. The molecule has 1 atom stereocenters. The van der Waals surface area contributed by atoms with E-state index in [0.29, 0.717) is 18.7 Å². The van der Waals surface area contributed by atoms with E-state index < -0.39 is 0 Å². The number of ether oxygens (including phenoxy) is 1. The normalized spacial score (nSPS) is 16.5. The topological polar surface area (TPSA) is 58.6 Å². The molecule has 0 aliphatic carbocycles. The molecule has 0 saturated heterocycles. The van der Waals surface area contributed by atoms with E-state index in [9.17, 15) is 9.59 Å². The number of benzene rings is 1. The standard InChI is InChI=1S/C17H18N2O3S/c1-2-22-15(20)10-18-16-13-7-3-4-8-14(13)17(21)19(16)11-12-6-5-9-23-12/h3-9,16,18H,2,10-11H2,1H3. The molecule has 5 nitrogen and oxygen atoms in total. The zero-order valence-corrected chi connectivity index (χ0v) is 13.6. The number of carbonyl (C=O) groups is 2. The van der Waals surface area contributed by atoms with E-state index in [2.05, 4.69) is 5.32 Å². The first-order valence-corrected chi connectivity index (χ1v) is 8.40. The Bertz CT molecular complexity index is 700. The molecule has 2 aromatic rings. The van der Waals surface area contributed by atoms with Crippen LogP contribution in [-0.2, 0) is 16.1 Å². The van der Waals surface area contributed by atoms with E-state index in [0.717, 1.165) is 10.4 Å². The molecule has 1 unspecified atom stereocenters. The van der Waals surface area contributed by atoms with Crippen LogP contribution in [0.1, 0.15) is 33.9 Å². The SMILES string of the molecule is CCOC(=O)CNC1c2ccccc2C(=O)N1Cc1cccs1. The van der Waals surface area contributed by atoms with Crippen molar-refractivity contribution in [3.8, 4) is 0 Å². The number of fused-ring (bicyclic) bond motifs is 1. The first kappa shape index (κ1) is 15.7. The van der Waals surface area contributed by atoms with Crippen molar-refractivity contribution < 1.29 is 14.3 Å². The molecule has 23 heavy (non-hydrogen) atoms. The highest BCUT2D eigenvalue weighted by Crippen LogP contribution is 2.33. The minimum Gasteiger partial charge on any atom is -0.465 e. The number of esters is 1. The van der Waals surface area contributed by atoms with Gasteiger partial charge in [-0.15, -0.1) is 11.3 Å². The molecule has 6 heteroatoms. The fourth-order valence-electron chi connectivity index (χ4n) is 2.72. The van der Waals surface area contributed by atoms with Crippen LogP contribution < -0.4 is 5.32 Å². The maximum Gasteiger partial charge on any atom is 0.319 e. The number of nitrogens with one attached hydrogen (secondary N) is 1. The highest BCUT2D eigenvalue weighted by Gasteiger charge is 2.36. The molecule has 2 heterocycles. The molecule has 1 aliphatic rings. The van der Waals surface area contributed by atoms with Gasteiger partial charge in [-0.25, -0.2) is 0 Å². The van der Waals surface area contributed by atoms with Crippen molar-refractivity contribution >= 4 is 23.2 Å². The van der Waals surface area contributed by atoms with Crippen LogP contribution in [0.25, 0.3) is 0 Å². The largest absolute Gasteiger partial charge is 0.465 e. The summed E-state index contributed by atoms with van der Waals surface area (Å²) < 4.78 is 4.95. The molecule has 1 amide bonds. The summed E-state index contributed by atoms with van der Waals surface area (Å²) in [7, 11) is 0. The summed E-state index contributed by atoms with van der Waals surface area (Å²) in [6.45, 7) is 2.71. The molecule has 0 spiro atoms. The predicted molar refractivity (Wildman–Crippen MR) is 88.0 cm³/mol. The van der Waals surface area contributed by atoms with Gasteiger partial charge in [-0.1, -0.05) is 24.3 Å². The van der Waals surface area contributed by atoms with Gasteiger partial charge in [0, 0.05) is 16.0 Å². The number of hydrogen-bond acceptors (Lipinski definition) is 5. The first-order valence-electron chi connectivity index (χ1n) is 7.52. The fraction of sp³-hybridized carbons (Fsp3) is 0.294. The van der Waals surface area contributed by atoms with Gasteiger partial charge in [-0.3, -0.25) is 14.9 Å². The molecule has 3 rings (SSSR count). The Kier molecular flexibility index (Phi) is 4.73. The lowest BCUT2D eigenvalue weighted by Gasteiger charge is -2.25. The van der Waals surface area contributed by atoms with Crippen molar-refractivity contribution in [2.45, 2.75) is 19.6 Å². The summed E-state index contributed by atoms with van der Waals surface area (Å²) in [5.74, 6) is -0.337. The summed E-state index contributed by atoms with van der Waals surface area (Å²) in [6.07, 6.45) is -0.315. The van der Waals surface area contributed by atoms with E-state index in [1.54, 1.807) is 23.2 Å². The van der Waals surface area contributed by atoms with E-state index in [-0.39, 0.29) is 24.6 Å². The van der Waals surface area contributed by atoms with Crippen LogP contribution in [0.4, 0.5) is 0 Å². The third kappa shape index (κ3) is 3.28. The van der Waals surface area contributed by atoms with Crippen molar-refractivity contribution in [2.24, 2.45) is 0 Å². The average molecular weight is 330 g/mol. The summed E-state index contributed by atoms with van der Waals surface area (Å²) in [5.41, 5.74) is 1.59. The molecule has 1 aromatic carbocycles. The minimum atomic E-state index is -0.319. The van der Waals surface area contributed by atoms with Crippen LogP contribution in [0, 0.1) is 0 Å². The summed E-state index contributed by atoms with van der Waals surface area (Å²) >= 11 is 1.61. The fourth-order valence-corrected chi connectivity index (χ4v) is 3.42. The van der Waals surface area contributed by atoms with Gasteiger partial charge in [0.05, 0.1) is 19.7 Å². The molecular weight excluding hydrogens is 312 g/mol. The van der Waals surface area contributed by atoms with E-state index >= 15 is 0 Å². The van der Waals surface area contributed by atoms with Crippen molar-refractivity contribution in [3.63, 3.8) is 0 Å². The Morgan fingerprint density at radius 1 is 1.30 bits per heavy atom. The molecule has 0 saturated carbocycles. The molecule has 0 bridgehead atoms. The average Bonchev–Trinajstić information content (AvgIpc) is 3.15. The van der Waals surface area contributed by atoms with Gasteiger partial charge >= 0.3 is 5.97 Å². The Hall–Kier alpha value is -2.18. The lowest BCUT2D eigenvalue weighted by Crippen LogP contribution is -2.38. The number of nitrogens with zero attached hydrogens (tertiary/aromatic N) is 1. The summed E-state index contributed by atoms with van der Waals surface area (Å²) in [5, 5.41) is 5.14. The Morgan fingerprint density at radius 3 is 2.87 bits per heavy atom.